The molecule has 4 aromatic rings. The molecule has 1 aromatic heterocycles. The number of allylic oxidation sites excluding steroid dienone is 3. The number of nitrogens with zero attached hydrogens (tertiary/aromatic N) is 1. The Morgan fingerprint density at radius 2 is 1.55 bits per heavy atom. The lowest BCUT2D eigenvalue weighted by Gasteiger charge is -2.12. The zero-order valence-electron chi connectivity index (χ0n) is 23.2. The number of aromatic amines is 1. The lowest BCUT2D eigenvalue weighted by molar-refractivity contribution is 0.370. The number of ether oxygens (including phenoxy) is 1. The fraction of sp³-hybridized carbons (Fsp3) is 0.0833. The minimum Gasteiger partial charge on any atom is -0.508 e. The van der Waals surface area contributed by atoms with Crippen molar-refractivity contribution in [2.75, 3.05) is 6.61 Å². The Kier molecular flexibility index (Phi) is 9.50. The largest absolute Gasteiger partial charge is 0.508 e. The maximum absolute atomic E-state index is 9.62. The highest BCUT2D eigenvalue weighted by Crippen LogP contribution is 2.40. The van der Waals surface area contributed by atoms with E-state index < -0.39 is 0 Å². The first-order valence-corrected chi connectivity index (χ1v) is 15.5. The zero-order chi connectivity index (χ0) is 29.6. The van der Waals surface area contributed by atoms with Crippen LogP contribution in [-0.4, -0.2) is 22.4 Å². The van der Waals surface area contributed by atoms with Crippen LogP contribution < -0.4 is 4.74 Å². The quantitative estimate of drug-likeness (QED) is 0.139. The van der Waals surface area contributed by atoms with Crippen LogP contribution in [0.15, 0.2) is 105 Å². The molecule has 0 spiro atoms. The molecule has 2 heterocycles. The summed E-state index contributed by atoms with van der Waals surface area (Å²) < 4.78 is 7.76. The highest BCUT2D eigenvalue weighted by Gasteiger charge is 2.25. The first kappa shape index (κ1) is 29.7. The van der Waals surface area contributed by atoms with Gasteiger partial charge >= 0.3 is 0 Å². The summed E-state index contributed by atoms with van der Waals surface area (Å²) in [6.45, 7) is 4.54. The van der Waals surface area contributed by atoms with Crippen molar-refractivity contribution in [3.05, 3.63) is 137 Å². The second-order valence-corrected chi connectivity index (χ2v) is 11.9. The lowest BCUT2D eigenvalue weighted by atomic mass is 9.96. The van der Waals surface area contributed by atoms with Crippen molar-refractivity contribution in [3.63, 3.8) is 0 Å². The Labute approximate surface area is 273 Å². The van der Waals surface area contributed by atoms with Crippen molar-refractivity contribution in [3.8, 4) is 23.8 Å². The Balaban J connectivity index is 1.55. The molecule has 3 aromatic carbocycles. The maximum atomic E-state index is 9.62. The summed E-state index contributed by atoms with van der Waals surface area (Å²) in [7, 11) is 0. The van der Waals surface area contributed by atoms with Gasteiger partial charge in [-0.15, -0.1) is 6.42 Å². The number of aromatic hydroxyl groups is 1. The Morgan fingerprint density at radius 1 is 0.905 bits per heavy atom. The topological polar surface area (TPSA) is 57.6 Å². The average molecular weight is 774 g/mol. The number of nitrogens with one attached hydrogen (secondary N) is 1. The Morgan fingerprint density at radius 3 is 2.21 bits per heavy atom. The molecule has 5 rings (SSSR count). The van der Waals surface area contributed by atoms with Crippen molar-refractivity contribution >= 4 is 74.7 Å². The second-order valence-electron chi connectivity index (χ2n) is 9.70. The van der Waals surface area contributed by atoms with Crippen molar-refractivity contribution < 1.29 is 9.84 Å². The van der Waals surface area contributed by atoms with Gasteiger partial charge in [-0.2, -0.15) is 0 Å². The summed E-state index contributed by atoms with van der Waals surface area (Å²) in [5, 5.41) is 9.62. The molecule has 0 radical (unpaired) electrons. The summed E-state index contributed by atoms with van der Waals surface area (Å²) in [5.41, 5.74) is 10.5. The molecule has 0 saturated carbocycles. The number of aromatic nitrogens is 1. The van der Waals surface area contributed by atoms with Crippen molar-refractivity contribution in [1.29, 1.82) is 0 Å². The van der Waals surface area contributed by atoms with Gasteiger partial charge in [-0.1, -0.05) is 72.7 Å². The van der Waals surface area contributed by atoms with Gasteiger partial charge < -0.3 is 14.8 Å². The highest BCUT2D eigenvalue weighted by atomic mass is 127. The number of benzene rings is 3. The van der Waals surface area contributed by atoms with E-state index in [-0.39, 0.29) is 12.4 Å². The number of aliphatic imine (C=N–C) groups is 1. The molecule has 0 unspecified atom stereocenters. The number of H-pyrrole nitrogens is 1. The molecule has 42 heavy (non-hydrogen) atoms. The summed E-state index contributed by atoms with van der Waals surface area (Å²) in [6.07, 6.45) is 13.5. The molecule has 0 fully saturated rings. The molecule has 1 aliphatic rings. The number of hydrogen-bond acceptors (Lipinski definition) is 3. The van der Waals surface area contributed by atoms with Crippen LogP contribution in [0.25, 0.3) is 23.8 Å². The minimum absolute atomic E-state index is 0.253. The van der Waals surface area contributed by atoms with E-state index in [1.807, 2.05) is 48.5 Å². The first-order chi connectivity index (χ1) is 20.4. The molecular weight excluding hydrogens is 746 g/mol. The van der Waals surface area contributed by atoms with Gasteiger partial charge in [0.25, 0.3) is 0 Å². The predicted octanol–water partition coefficient (Wildman–Crippen LogP) is 9.45. The number of phenolic OH excluding ortho intramolecular Hbond substituents is 1. The van der Waals surface area contributed by atoms with Crippen LogP contribution >= 0.6 is 45.2 Å². The lowest BCUT2D eigenvalue weighted by Crippen LogP contribution is -1.96. The molecule has 4 nitrogen and oxygen atoms in total. The van der Waals surface area contributed by atoms with E-state index in [4.69, 9.17) is 16.2 Å². The molecular formula is C36H28I2N2O2. The number of rotatable bonds is 8. The van der Waals surface area contributed by atoms with Crippen LogP contribution in [0.5, 0.6) is 11.5 Å². The van der Waals surface area contributed by atoms with E-state index in [9.17, 15) is 5.11 Å². The molecule has 208 valence electrons. The van der Waals surface area contributed by atoms with Gasteiger partial charge in [0.2, 0.25) is 0 Å². The van der Waals surface area contributed by atoms with E-state index >= 15 is 0 Å². The van der Waals surface area contributed by atoms with Crippen molar-refractivity contribution in [2.45, 2.75) is 13.8 Å². The van der Waals surface area contributed by atoms with Crippen molar-refractivity contribution in [1.82, 2.24) is 4.98 Å². The molecule has 0 atom stereocenters. The number of halogens is 2. The minimum atomic E-state index is 0.253. The van der Waals surface area contributed by atoms with E-state index in [0.29, 0.717) is 0 Å². The number of hydrogen-bond donors (Lipinski definition) is 2. The van der Waals surface area contributed by atoms with Gasteiger partial charge in [0.1, 0.15) is 18.1 Å². The highest BCUT2D eigenvalue weighted by molar-refractivity contribution is 14.1. The van der Waals surface area contributed by atoms with E-state index in [0.717, 1.165) is 63.5 Å². The first-order valence-electron chi connectivity index (χ1n) is 13.3. The van der Waals surface area contributed by atoms with Crippen LogP contribution in [0.4, 0.5) is 0 Å². The van der Waals surface area contributed by atoms with Crippen molar-refractivity contribution in [2.24, 2.45) is 4.99 Å². The zero-order valence-corrected chi connectivity index (χ0v) is 27.5. The summed E-state index contributed by atoms with van der Waals surface area (Å²) >= 11 is 4.81. The fourth-order valence-corrected chi connectivity index (χ4v) is 5.75. The third-order valence-electron chi connectivity index (χ3n) is 6.86. The van der Waals surface area contributed by atoms with E-state index in [1.165, 1.54) is 5.56 Å². The Hall–Kier alpha value is -3.81. The van der Waals surface area contributed by atoms with Gasteiger partial charge in [0, 0.05) is 12.7 Å². The van der Waals surface area contributed by atoms with Crippen LogP contribution in [0.2, 0.25) is 0 Å². The molecule has 0 saturated heterocycles. The average Bonchev–Trinajstić information content (AvgIpc) is 3.45. The van der Waals surface area contributed by atoms with Crippen LogP contribution in [0, 0.1) is 22.8 Å². The van der Waals surface area contributed by atoms with Gasteiger partial charge in [0.05, 0.1) is 22.8 Å². The predicted molar refractivity (Wildman–Crippen MR) is 192 cm³/mol. The molecule has 0 bridgehead atoms. The SMILES string of the molecule is C#CCOc1ccc(/C=C/C2=NC(=C(/c3ccccc3)c3[nH]c(/C=C/c4ccc(O)cc4)c(I)c3C)/C(C)=C2I)cc1. The van der Waals surface area contributed by atoms with Crippen LogP contribution in [0.3, 0.4) is 0 Å². The van der Waals surface area contributed by atoms with E-state index in [2.05, 4.69) is 112 Å². The summed E-state index contributed by atoms with van der Waals surface area (Å²) in [4.78, 5) is 8.87. The van der Waals surface area contributed by atoms with Gasteiger partial charge in [-0.3, -0.25) is 0 Å². The van der Waals surface area contributed by atoms with E-state index in [1.54, 1.807) is 12.1 Å². The smallest absolute Gasteiger partial charge is 0.148 e. The third-order valence-corrected chi connectivity index (χ3v) is 9.61. The normalized spacial score (nSPS) is 14.5. The van der Waals surface area contributed by atoms with Gasteiger partial charge in [0.15, 0.2) is 0 Å². The number of terminal acetylenes is 1. The molecule has 6 heteroatoms. The summed E-state index contributed by atoms with van der Waals surface area (Å²) in [5.74, 6) is 3.49. The molecule has 1 aliphatic heterocycles. The third kappa shape index (κ3) is 6.63. The second kappa shape index (κ2) is 13.4. The Bertz CT molecular complexity index is 1800. The fourth-order valence-electron chi connectivity index (χ4n) is 4.61. The molecule has 2 N–H and O–H groups in total. The maximum Gasteiger partial charge on any atom is 0.148 e. The summed E-state index contributed by atoms with van der Waals surface area (Å²) in [6, 6.07) is 25.4. The van der Waals surface area contributed by atoms with Gasteiger partial charge in [-0.05, 0) is 123 Å². The standard InChI is InChI=1S/C36H28I2N2O2/c1-4-22-42-29-18-12-26(13-19-29)15-21-31-34(38)24(3)36(40-31)32(27-8-6-5-7-9-27)35-23(2)33(37)30(39-35)20-14-25-10-16-28(41)17-11-25/h1,5-21,39,41H,22H2,2-3H3/b20-14+,21-15+,36-32-. The van der Waals surface area contributed by atoms with Crippen LogP contribution in [0.1, 0.15) is 40.6 Å². The molecule has 0 aliphatic carbocycles. The number of phenols is 1. The molecule has 0 amide bonds. The monoisotopic (exact) mass is 774 g/mol. The van der Waals surface area contributed by atoms with Crippen LogP contribution in [-0.2, 0) is 0 Å². The van der Waals surface area contributed by atoms with Gasteiger partial charge in [-0.25, -0.2) is 4.99 Å².